The molecule has 0 saturated heterocycles. The molecule has 2 N–H and O–H groups in total. The average molecular weight is 284 g/mol. The minimum absolute atomic E-state index is 0.322. The average Bonchev–Trinajstić information content (AvgIpc) is 2.97. The van der Waals surface area contributed by atoms with E-state index in [1.807, 2.05) is 11.6 Å². The molecule has 0 amide bonds. The number of methoxy groups -OCH3 is 1. The molecule has 104 valence electrons. The van der Waals surface area contributed by atoms with E-state index in [4.69, 9.17) is 15.0 Å². The SMILES string of the molecule is COCc1nc(CSc2nnc(CCN)n2C)no1. The summed E-state index contributed by atoms with van der Waals surface area (Å²) in [5, 5.41) is 12.8. The number of hydrogen-bond donors (Lipinski definition) is 1. The summed E-state index contributed by atoms with van der Waals surface area (Å²) < 4.78 is 11.8. The van der Waals surface area contributed by atoms with Gasteiger partial charge in [-0.15, -0.1) is 10.2 Å². The molecule has 2 rings (SSSR count). The monoisotopic (exact) mass is 284 g/mol. The minimum Gasteiger partial charge on any atom is -0.375 e. The van der Waals surface area contributed by atoms with Crippen LogP contribution in [0.2, 0.25) is 0 Å². The van der Waals surface area contributed by atoms with Gasteiger partial charge in [0.25, 0.3) is 5.89 Å². The Labute approximate surface area is 114 Å². The van der Waals surface area contributed by atoms with Crippen molar-refractivity contribution < 1.29 is 9.26 Å². The first kappa shape index (κ1) is 14.0. The Morgan fingerprint density at radius 1 is 1.42 bits per heavy atom. The maximum absolute atomic E-state index is 5.50. The van der Waals surface area contributed by atoms with Crippen LogP contribution in [0.3, 0.4) is 0 Å². The number of hydrogen-bond acceptors (Lipinski definition) is 8. The van der Waals surface area contributed by atoms with E-state index in [-0.39, 0.29) is 0 Å². The molecule has 0 aliphatic carbocycles. The molecule has 0 radical (unpaired) electrons. The number of ether oxygens (including phenoxy) is 1. The van der Waals surface area contributed by atoms with Crippen molar-refractivity contribution in [2.45, 2.75) is 23.9 Å². The normalized spacial score (nSPS) is 11.1. The highest BCUT2D eigenvalue weighted by molar-refractivity contribution is 7.98. The van der Waals surface area contributed by atoms with E-state index in [1.165, 1.54) is 11.8 Å². The van der Waals surface area contributed by atoms with Crippen molar-refractivity contribution >= 4 is 11.8 Å². The highest BCUT2D eigenvalue weighted by atomic mass is 32.2. The Hall–Kier alpha value is -1.45. The lowest BCUT2D eigenvalue weighted by Crippen LogP contribution is -2.08. The van der Waals surface area contributed by atoms with E-state index >= 15 is 0 Å². The van der Waals surface area contributed by atoms with Crippen LogP contribution in [0.4, 0.5) is 0 Å². The molecule has 0 atom stereocenters. The number of rotatable bonds is 7. The molecular formula is C10H16N6O2S. The molecular weight excluding hydrogens is 268 g/mol. The van der Waals surface area contributed by atoms with Crippen molar-refractivity contribution in [3.05, 3.63) is 17.5 Å². The van der Waals surface area contributed by atoms with E-state index < -0.39 is 0 Å². The van der Waals surface area contributed by atoms with Gasteiger partial charge in [0.15, 0.2) is 11.0 Å². The van der Waals surface area contributed by atoms with Gasteiger partial charge in [-0.3, -0.25) is 0 Å². The molecule has 0 aromatic carbocycles. The molecule has 19 heavy (non-hydrogen) atoms. The summed E-state index contributed by atoms with van der Waals surface area (Å²) in [7, 11) is 3.50. The van der Waals surface area contributed by atoms with Gasteiger partial charge < -0.3 is 19.6 Å². The van der Waals surface area contributed by atoms with Gasteiger partial charge in [-0.1, -0.05) is 16.9 Å². The van der Waals surface area contributed by atoms with Crippen LogP contribution >= 0.6 is 11.8 Å². The van der Waals surface area contributed by atoms with E-state index in [2.05, 4.69) is 20.3 Å². The second-order valence-electron chi connectivity index (χ2n) is 3.82. The quantitative estimate of drug-likeness (QED) is 0.716. The fraction of sp³-hybridized carbons (Fsp3) is 0.600. The molecule has 0 unspecified atom stereocenters. The van der Waals surface area contributed by atoms with Gasteiger partial charge in [0, 0.05) is 20.6 Å². The molecule has 0 fully saturated rings. The first-order valence-electron chi connectivity index (χ1n) is 5.76. The Balaban J connectivity index is 1.94. The highest BCUT2D eigenvalue weighted by Crippen LogP contribution is 2.19. The molecule has 8 nitrogen and oxygen atoms in total. The summed E-state index contributed by atoms with van der Waals surface area (Å²) >= 11 is 1.50. The van der Waals surface area contributed by atoms with Crippen LogP contribution in [-0.2, 0) is 30.6 Å². The summed E-state index contributed by atoms with van der Waals surface area (Å²) in [4.78, 5) is 4.19. The van der Waals surface area contributed by atoms with E-state index in [0.717, 1.165) is 11.0 Å². The Morgan fingerprint density at radius 3 is 3.00 bits per heavy atom. The number of nitrogens with zero attached hydrogens (tertiary/aromatic N) is 5. The van der Waals surface area contributed by atoms with Crippen molar-refractivity contribution in [3.63, 3.8) is 0 Å². The predicted molar refractivity (Wildman–Crippen MR) is 68.3 cm³/mol. The van der Waals surface area contributed by atoms with Gasteiger partial charge >= 0.3 is 0 Å². The van der Waals surface area contributed by atoms with Gasteiger partial charge in [0.1, 0.15) is 12.4 Å². The Kier molecular flexibility index (Phi) is 4.88. The molecule has 0 aliphatic rings. The van der Waals surface area contributed by atoms with E-state index in [0.29, 0.717) is 37.0 Å². The maximum atomic E-state index is 5.50. The van der Waals surface area contributed by atoms with Crippen molar-refractivity contribution in [1.82, 2.24) is 24.9 Å². The standard InChI is InChI=1S/C10H16N6O2S/c1-16-8(3-4-11)13-14-10(16)19-6-7-12-9(5-17-2)18-15-7/h3-6,11H2,1-2H3. The third kappa shape index (κ3) is 3.52. The molecule has 0 saturated carbocycles. The zero-order chi connectivity index (χ0) is 13.7. The van der Waals surface area contributed by atoms with Crippen molar-refractivity contribution in [1.29, 1.82) is 0 Å². The van der Waals surface area contributed by atoms with Crippen LogP contribution < -0.4 is 5.73 Å². The molecule has 2 aromatic rings. The van der Waals surface area contributed by atoms with Crippen LogP contribution in [0.5, 0.6) is 0 Å². The highest BCUT2D eigenvalue weighted by Gasteiger charge is 2.11. The summed E-state index contributed by atoms with van der Waals surface area (Å²) in [6.45, 7) is 0.879. The van der Waals surface area contributed by atoms with Gasteiger partial charge in [0.05, 0.1) is 5.75 Å². The second kappa shape index (κ2) is 6.64. The van der Waals surface area contributed by atoms with Crippen LogP contribution in [0, 0.1) is 0 Å². The molecule has 2 heterocycles. The predicted octanol–water partition coefficient (Wildman–Crippen LogP) is 0.138. The van der Waals surface area contributed by atoms with Gasteiger partial charge in [-0.25, -0.2) is 0 Å². The minimum atomic E-state index is 0.322. The first-order valence-corrected chi connectivity index (χ1v) is 6.74. The lowest BCUT2D eigenvalue weighted by atomic mass is 10.4. The summed E-state index contributed by atoms with van der Waals surface area (Å²) in [6.07, 6.45) is 0.713. The van der Waals surface area contributed by atoms with Crippen molar-refractivity contribution in [3.8, 4) is 0 Å². The van der Waals surface area contributed by atoms with E-state index in [9.17, 15) is 0 Å². The van der Waals surface area contributed by atoms with Crippen LogP contribution in [0.25, 0.3) is 0 Å². The molecule has 0 aliphatic heterocycles. The summed E-state index contributed by atoms with van der Waals surface area (Å²) in [5.74, 6) is 2.53. The van der Waals surface area contributed by atoms with Crippen LogP contribution in [0.15, 0.2) is 9.68 Å². The number of nitrogens with two attached hydrogens (primary N) is 1. The topological polar surface area (TPSA) is 105 Å². The van der Waals surface area contributed by atoms with Gasteiger partial charge in [-0.2, -0.15) is 4.98 Å². The van der Waals surface area contributed by atoms with Crippen LogP contribution in [-0.4, -0.2) is 38.6 Å². The molecule has 0 bridgehead atoms. The fourth-order valence-corrected chi connectivity index (χ4v) is 2.25. The zero-order valence-electron chi connectivity index (χ0n) is 10.9. The van der Waals surface area contributed by atoms with Crippen LogP contribution in [0.1, 0.15) is 17.5 Å². The molecule has 0 spiro atoms. The largest absolute Gasteiger partial charge is 0.375 e. The second-order valence-corrected chi connectivity index (χ2v) is 4.77. The summed E-state index contributed by atoms with van der Waals surface area (Å²) in [5.41, 5.74) is 5.50. The van der Waals surface area contributed by atoms with E-state index in [1.54, 1.807) is 7.11 Å². The molecule has 2 aromatic heterocycles. The zero-order valence-corrected chi connectivity index (χ0v) is 11.7. The van der Waals surface area contributed by atoms with Gasteiger partial charge in [-0.05, 0) is 6.54 Å². The number of aromatic nitrogens is 5. The lowest BCUT2D eigenvalue weighted by Gasteiger charge is -2.00. The maximum Gasteiger partial charge on any atom is 0.252 e. The Bertz CT molecular complexity index is 526. The smallest absolute Gasteiger partial charge is 0.252 e. The summed E-state index contributed by atoms with van der Waals surface area (Å²) in [6, 6.07) is 0. The fourth-order valence-electron chi connectivity index (χ4n) is 1.48. The first-order chi connectivity index (χ1) is 9.24. The molecule has 9 heteroatoms. The Morgan fingerprint density at radius 2 is 2.26 bits per heavy atom. The third-order valence-corrected chi connectivity index (χ3v) is 3.42. The third-order valence-electron chi connectivity index (χ3n) is 2.40. The lowest BCUT2D eigenvalue weighted by molar-refractivity contribution is 0.151. The van der Waals surface area contributed by atoms with Crippen molar-refractivity contribution in [2.24, 2.45) is 12.8 Å². The van der Waals surface area contributed by atoms with Crippen molar-refractivity contribution in [2.75, 3.05) is 13.7 Å². The van der Waals surface area contributed by atoms with Gasteiger partial charge in [0.2, 0.25) is 0 Å². The number of thioether (sulfide) groups is 1.